The van der Waals surface area contributed by atoms with Gasteiger partial charge in [0.2, 0.25) is 0 Å². The number of pyridine rings is 1. The third-order valence-electron chi connectivity index (χ3n) is 2.48. The van der Waals surface area contributed by atoms with Crippen molar-refractivity contribution in [3.8, 4) is 5.75 Å². The number of nitrogens with zero attached hydrogens (tertiary/aromatic N) is 1. The van der Waals surface area contributed by atoms with Gasteiger partial charge in [0.05, 0.1) is 12.2 Å². The summed E-state index contributed by atoms with van der Waals surface area (Å²) in [6.45, 7) is 2.16. The fourth-order valence-electron chi connectivity index (χ4n) is 1.56. The molecule has 104 valence electrons. The van der Waals surface area contributed by atoms with E-state index in [2.05, 4.69) is 26.2 Å². The Morgan fingerprint density at radius 1 is 1.40 bits per heavy atom. The molecule has 0 aliphatic carbocycles. The van der Waals surface area contributed by atoms with Crippen molar-refractivity contribution < 1.29 is 13.9 Å². The normalized spacial score (nSPS) is 10.2. The van der Waals surface area contributed by atoms with E-state index >= 15 is 0 Å². The summed E-state index contributed by atoms with van der Waals surface area (Å²) in [5.41, 5.74) is 0.751. The van der Waals surface area contributed by atoms with Gasteiger partial charge in [-0.2, -0.15) is 0 Å². The van der Waals surface area contributed by atoms with Gasteiger partial charge < -0.3 is 10.1 Å². The van der Waals surface area contributed by atoms with E-state index in [1.807, 2.05) is 0 Å². The standard InChI is InChI=1S/C14H12BrFN2O2/c1-2-20-12-5-4-10(7-11(12)16)18-14(19)9-3-6-13(15)17-8-9/h3-8H,2H2,1H3,(H,18,19). The number of hydrogen-bond donors (Lipinski definition) is 1. The van der Waals surface area contributed by atoms with Crippen LogP contribution >= 0.6 is 15.9 Å². The molecule has 0 fully saturated rings. The molecule has 1 amide bonds. The fourth-order valence-corrected chi connectivity index (χ4v) is 1.80. The predicted molar refractivity (Wildman–Crippen MR) is 77.5 cm³/mol. The summed E-state index contributed by atoms with van der Waals surface area (Å²) >= 11 is 3.19. The molecule has 20 heavy (non-hydrogen) atoms. The van der Waals surface area contributed by atoms with Gasteiger partial charge in [-0.05, 0) is 47.1 Å². The van der Waals surface area contributed by atoms with Crippen molar-refractivity contribution in [3.05, 3.63) is 52.5 Å². The minimum absolute atomic E-state index is 0.163. The number of nitrogens with one attached hydrogen (secondary N) is 1. The fraction of sp³-hybridized carbons (Fsp3) is 0.143. The van der Waals surface area contributed by atoms with Gasteiger partial charge in [-0.25, -0.2) is 9.37 Å². The quantitative estimate of drug-likeness (QED) is 0.866. The average Bonchev–Trinajstić information content (AvgIpc) is 2.42. The first-order valence-electron chi connectivity index (χ1n) is 5.95. The lowest BCUT2D eigenvalue weighted by Gasteiger charge is -2.08. The Labute approximate surface area is 124 Å². The molecule has 0 spiro atoms. The highest BCUT2D eigenvalue weighted by molar-refractivity contribution is 9.10. The molecule has 2 rings (SSSR count). The maximum Gasteiger partial charge on any atom is 0.257 e. The molecule has 0 saturated carbocycles. The Balaban J connectivity index is 2.11. The minimum atomic E-state index is -0.515. The average molecular weight is 339 g/mol. The van der Waals surface area contributed by atoms with Crippen LogP contribution in [0, 0.1) is 5.82 Å². The lowest BCUT2D eigenvalue weighted by molar-refractivity contribution is 0.102. The molecule has 0 bridgehead atoms. The number of benzene rings is 1. The maximum absolute atomic E-state index is 13.6. The van der Waals surface area contributed by atoms with Gasteiger partial charge in [-0.15, -0.1) is 0 Å². The van der Waals surface area contributed by atoms with E-state index in [1.54, 1.807) is 25.1 Å². The van der Waals surface area contributed by atoms with Crippen LogP contribution in [-0.4, -0.2) is 17.5 Å². The van der Waals surface area contributed by atoms with E-state index in [1.165, 1.54) is 18.3 Å². The molecule has 1 aromatic heterocycles. The number of hydrogen-bond acceptors (Lipinski definition) is 3. The van der Waals surface area contributed by atoms with Gasteiger partial charge in [0.25, 0.3) is 5.91 Å². The number of rotatable bonds is 4. The molecule has 1 N–H and O–H groups in total. The van der Waals surface area contributed by atoms with Crippen LogP contribution in [0.1, 0.15) is 17.3 Å². The van der Waals surface area contributed by atoms with Crippen LogP contribution in [0.2, 0.25) is 0 Å². The molecule has 6 heteroatoms. The van der Waals surface area contributed by atoms with Gasteiger partial charge in [0.15, 0.2) is 11.6 Å². The van der Waals surface area contributed by atoms with Crippen LogP contribution in [0.4, 0.5) is 10.1 Å². The Hall–Kier alpha value is -1.95. The summed E-state index contributed by atoms with van der Waals surface area (Å²) in [5.74, 6) is -0.706. The van der Waals surface area contributed by atoms with E-state index in [4.69, 9.17) is 4.74 Å². The summed E-state index contributed by atoms with van der Waals surface area (Å²) in [5, 5.41) is 2.60. The molecule has 2 aromatic rings. The predicted octanol–water partition coefficient (Wildman–Crippen LogP) is 3.63. The van der Waals surface area contributed by atoms with Crippen molar-refractivity contribution in [1.29, 1.82) is 0 Å². The third-order valence-corrected chi connectivity index (χ3v) is 2.95. The number of carbonyl (C=O) groups excluding carboxylic acids is 1. The molecule has 4 nitrogen and oxygen atoms in total. The SMILES string of the molecule is CCOc1ccc(NC(=O)c2ccc(Br)nc2)cc1F. The van der Waals surface area contributed by atoms with Crippen molar-refractivity contribution in [1.82, 2.24) is 4.98 Å². The number of ether oxygens (including phenoxy) is 1. The summed E-state index contributed by atoms with van der Waals surface area (Å²) in [4.78, 5) is 15.9. The van der Waals surface area contributed by atoms with Gasteiger partial charge in [0, 0.05) is 18.0 Å². The molecular formula is C14H12BrFN2O2. The summed E-state index contributed by atoms with van der Waals surface area (Å²) < 4.78 is 19.4. The molecule has 0 atom stereocenters. The topological polar surface area (TPSA) is 51.2 Å². The van der Waals surface area contributed by atoms with Crippen LogP contribution in [0.15, 0.2) is 41.1 Å². The first-order valence-corrected chi connectivity index (χ1v) is 6.74. The molecule has 0 aliphatic heterocycles. The Morgan fingerprint density at radius 3 is 2.80 bits per heavy atom. The zero-order valence-corrected chi connectivity index (χ0v) is 12.3. The number of aromatic nitrogens is 1. The highest BCUT2D eigenvalue weighted by Crippen LogP contribution is 2.21. The molecule has 1 heterocycles. The third kappa shape index (κ3) is 3.54. The van der Waals surface area contributed by atoms with Crippen molar-refractivity contribution >= 4 is 27.5 Å². The zero-order chi connectivity index (χ0) is 14.5. The van der Waals surface area contributed by atoms with Crippen LogP contribution < -0.4 is 10.1 Å². The highest BCUT2D eigenvalue weighted by atomic mass is 79.9. The van der Waals surface area contributed by atoms with Gasteiger partial charge in [0.1, 0.15) is 4.60 Å². The maximum atomic E-state index is 13.6. The largest absolute Gasteiger partial charge is 0.491 e. The van der Waals surface area contributed by atoms with Crippen LogP contribution in [-0.2, 0) is 0 Å². The summed E-state index contributed by atoms with van der Waals surface area (Å²) in [7, 11) is 0. The van der Waals surface area contributed by atoms with E-state index < -0.39 is 5.82 Å². The second-order valence-electron chi connectivity index (χ2n) is 3.90. The molecule has 0 unspecified atom stereocenters. The van der Waals surface area contributed by atoms with Crippen molar-refractivity contribution in [2.24, 2.45) is 0 Å². The van der Waals surface area contributed by atoms with Crippen molar-refractivity contribution in [3.63, 3.8) is 0 Å². The van der Waals surface area contributed by atoms with Crippen LogP contribution in [0.5, 0.6) is 5.75 Å². The summed E-state index contributed by atoms with van der Waals surface area (Å²) in [6.07, 6.45) is 1.43. The Morgan fingerprint density at radius 2 is 2.20 bits per heavy atom. The molecule has 0 aliphatic rings. The number of amides is 1. The number of anilines is 1. The van der Waals surface area contributed by atoms with Crippen molar-refractivity contribution in [2.45, 2.75) is 6.92 Å². The number of carbonyl (C=O) groups is 1. The zero-order valence-electron chi connectivity index (χ0n) is 10.7. The smallest absolute Gasteiger partial charge is 0.257 e. The van der Waals surface area contributed by atoms with Gasteiger partial charge in [-0.1, -0.05) is 0 Å². The number of halogens is 2. The van der Waals surface area contributed by atoms with Gasteiger partial charge >= 0.3 is 0 Å². The van der Waals surface area contributed by atoms with E-state index in [0.717, 1.165) is 0 Å². The van der Waals surface area contributed by atoms with E-state index in [0.29, 0.717) is 22.5 Å². The van der Waals surface area contributed by atoms with Gasteiger partial charge in [-0.3, -0.25) is 4.79 Å². The summed E-state index contributed by atoms with van der Waals surface area (Å²) in [6, 6.07) is 7.56. The first-order chi connectivity index (χ1) is 9.60. The van der Waals surface area contributed by atoms with Crippen LogP contribution in [0.3, 0.4) is 0 Å². The Bertz CT molecular complexity index is 617. The van der Waals surface area contributed by atoms with E-state index in [-0.39, 0.29) is 11.7 Å². The lowest BCUT2D eigenvalue weighted by atomic mass is 10.2. The van der Waals surface area contributed by atoms with E-state index in [9.17, 15) is 9.18 Å². The molecule has 0 radical (unpaired) electrons. The molecular weight excluding hydrogens is 327 g/mol. The first kappa shape index (κ1) is 14.5. The van der Waals surface area contributed by atoms with Crippen molar-refractivity contribution in [2.75, 3.05) is 11.9 Å². The Kier molecular flexibility index (Phi) is 4.68. The second-order valence-corrected chi connectivity index (χ2v) is 4.71. The monoisotopic (exact) mass is 338 g/mol. The minimum Gasteiger partial charge on any atom is -0.491 e. The molecule has 0 saturated heterocycles. The van der Waals surface area contributed by atoms with Crippen LogP contribution in [0.25, 0.3) is 0 Å². The molecule has 1 aromatic carbocycles. The highest BCUT2D eigenvalue weighted by Gasteiger charge is 2.09. The lowest BCUT2D eigenvalue weighted by Crippen LogP contribution is -2.12. The second kappa shape index (κ2) is 6.47.